The molecule has 80 heavy (non-hydrogen) atoms. The number of allylic oxidation sites excluding steroid dienone is 4. The Balaban J connectivity index is 4.08. The normalized spacial score (nSPS) is 12.1. The van der Waals surface area contributed by atoms with Crippen LogP contribution in [0.15, 0.2) is 24.3 Å². The van der Waals surface area contributed by atoms with E-state index in [-0.39, 0.29) is 31.1 Å². The van der Waals surface area contributed by atoms with Crippen LogP contribution in [-0.2, 0) is 28.6 Å². The second-order valence-electron chi connectivity index (χ2n) is 24.9. The molecule has 0 spiro atoms. The molecule has 472 valence electrons. The van der Waals surface area contributed by atoms with Crippen LogP contribution in [-0.4, -0.2) is 37.2 Å². The van der Waals surface area contributed by atoms with Crippen molar-refractivity contribution in [2.75, 3.05) is 13.2 Å². The molecule has 1 unspecified atom stereocenters. The van der Waals surface area contributed by atoms with E-state index in [2.05, 4.69) is 45.1 Å². The van der Waals surface area contributed by atoms with E-state index in [0.29, 0.717) is 19.3 Å². The highest BCUT2D eigenvalue weighted by Crippen LogP contribution is 2.19. The highest BCUT2D eigenvalue weighted by Gasteiger charge is 2.19. The van der Waals surface area contributed by atoms with Crippen molar-refractivity contribution in [1.29, 1.82) is 0 Å². The quantitative estimate of drug-likeness (QED) is 0.0261. The van der Waals surface area contributed by atoms with Crippen molar-refractivity contribution in [2.45, 2.75) is 419 Å². The maximum Gasteiger partial charge on any atom is 0.306 e. The van der Waals surface area contributed by atoms with E-state index in [1.54, 1.807) is 0 Å². The summed E-state index contributed by atoms with van der Waals surface area (Å²) in [4.78, 5) is 38.4. The van der Waals surface area contributed by atoms with Crippen molar-refractivity contribution >= 4 is 17.9 Å². The number of unbranched alkanes of at least 4 members (excludes halogenated alkanes) is 53. The lowest BCUT2D eigenvalue weighted by Crippen LogP contribution is -2.30. The lowest BCUT2D eigenvalue weighted by atomic mass is 10.0. The number of hydrogen-bond donors (Lipinski definition) is 0. The molecule has 6 nitrogen and oxygen atoms in total. The standard InChI is InChI=1S/C74H140O6/c1-4-7-10-13-16-19-22-25-28-29-30-31-32-33-34-35-36-37-38-39-40-41-42-43-44-45-47-49-52-55-58-61-64-67-73(76)79-70-71(69-78-72(75)66-63-60-57-54-51-48-27-24-21-18-15-12-9-6-3)80-74(77)68-65-62-59-56-53-50-46-26-23-20-17-14-11-8-5-2/h26,29-30,46,71H,4-25,27-28,31-45,47-70H2,1-3H3/b30-29-,46-26-. The van der Waals surface area contributed by atoms with Gasteiger partial charge in [0.2, 0.25) is 0 Å². The molecule has 0 N–H and O–H groups in total. The van der Waals surface area contributed by atoms with Crippen LogP contribution in [0.2, 0.25) is 0 Å². The zero-order valence-electron chi connectivity index (χ0n) is 54.4. The molecular formula is C74H140O6. The predicted molar refractivity (Wildman–Crippen MR) is 349 cm³/mol. The summed E-state index contributed by atoms with van der Waals surface area (Å²) < 4.78 is 17.0. The van der Waals surface area contributed by atoms with Gasteiger partial charge in [-0.1, -0.05) is 347 Å². The van der Waals surface area contributed by atoms with Gasteiger partial charge in [0, 0.05) is 19.3 Å². The van der Waals surface area contributed by atoms with Crippen molar-refractivity contribution in [3.05, 3.63) is 24.3 Å². The Bertz CT molecular complexity index is 1290. The summed E-state index contributed by atoms with van der Waals surface area (Å²) in [5.74, 6) is -0.845. The molecule has 0 rings (SSSR count). The van der Waals surface area contributed by atoms with Crippen LogP contribution in [0.5, 0.6) is 0 Å². The maximum absolute atomic E-state index is 12.9. The van der Waals surface area contributed by atoms with E-state index < -0.39 is 6.10 Å². The summed E-state index contributed by atoms with van der Waals surface area (Å²) in [6, 6.07) is 0. The molecule has 0 amide bonds. The number of rotatable bonds is 68. The van der Waals surface area contributed by atoms with E-state index in [1.165, 1.54) is 308 Å². The Kier molecular flexibility index (Phi) is 67.6. The first kappa shape index (κ1) is 77.9. The fourth-order valence-corrected chi connectivity index (χ4v) is 11.2. The summed E-state index contributed by atoms with van der Waals surface area (Å²) in [6.45, 7) is 6.70. The second kappa shape index (κ2) is 69.4. The Morgan fingerprint density at radius 2 is 0.412 bits per heavy atom. The van der Waals surface area contributed by atoms with Crippen LogP contribution in [0.1, 0.15) is 412 Å². The molecule has 0 aromatic rings. The van der Waals surface area contributed by atoms with Gasteiger partial charge in [-0.05, 0) is 70.6 Å². The van der Waals surface area contributed by atoms with E-state index in [1.807, 2.05) is 0 Å². The third-order valence-electron chi connectivity index (χ3n) is 16.7. The SMILES string of the molecule is CCCCCCCC/C=C\CCCCCCCC(=O)OC(COC(=O)CCCCCCCCCCCCCCCC)COC(=O)CCCCCCCCCCCCCCCCCCCCCCC/C=C\CCCCCCCCCC. The van der Waals surface area contributed by atoms with Gasteiger partial charge in [-0.25, -0.2) is 0 Å². The summed E-state index contributed by atoms with van der Waals surface area (Å²) >= 11 is 0. The van der Waals surface area contributed by atoms with Crippen molar-refractivity contribution in [3.8, 4) is 0 Å². The van der Waals surface area contributed by atoms with Crippen molar-refractivity contribution in [1.82, 2.24) is 0 Å². The number of ether oxygens (including phenoxy) is 3. The highest BCUT2D eigenvalue weighted by molar-refractivity contribution is 5.71. The molecule has 0 aromatic heterocycles. The van der Waals surface area contributed by atoms with Crippen molar-refractivity contribution in [2.24, 2.45) is 0 Å². The summed E-state index contributed by atoms with van der Waals surface area (Å²) in [5, 5.41) is 0. The summed E-state index contributed by atoms with van der Waals surface area (Å²) in [7, 11) is 0. The molecule has 0 heterocycles. The fourth-order valence-electron chi connectivity index (χ4n) is 11.2. The Hall–Kier alpha value is -2.11. The van der Waals surface area contributed by atoms with E-state index in [9.17, 15) is 14.4 Å². The molecule has 0 aliphatic rings. The van der Waals surface area contributed by atoms with Gasteiger partial charge >= 0.3 is 17.9 Å². The van der Waals surface area contributed by atoms with E-state index in [4.69, 9.17) is 14.2 Å². The van der Waals surface area contributed by atoms with Gasteiger partial charge in [-0.3, -0.25) is 14.4 Å². The molecule has 1 atom stereocenters. The number of esters is 3. The average molecular weight is 1130 g/mol. The van der Waals surface area contributed by atoms with Gasteiger partial charge in [0.25, 0.3) is 0 Å². The molecule has 0 bridgehead atoms. The van der Waals surface area contributed by atoms with Crippen molar-refractivity contribution in [3.63, 3.8) is 0 Å². The van der Waals surface area contributed by atoms with Gasteiger partial charge in [-0.2, -0.15) is 0 Å². The highest BCUT2D eigenvalue weighted by atomic mass is 16.6. The lowest BCUT2D eigenvalue weighted by Gasteiger charge is -2.18. The minimum atomic E-state index is -0.772. The van der Waals surface area contributed by atoms with Gasteiger partial charge in [0.1, 0.15) is 13.2 Å². The molecule has 0 saturated heterocycles. The molecule has 0 fully saturated rings. The topological polar surface area (TPSA) is 78.9 Å². The van der Waals surface area contributed by atoms with E-state index >= 15 is 0 Å². The van der Waals surface area contributed by atoms with Crippen LogP contribution < -0.4 is 0 Å². The Morgan fingerprint density at radius 1 is 0.237 bits per heavy atom. The zero-order chi connectivity index (χ0) is 57.8. The first-order valence-electron chi connectivity index (χ1n) is 36.3. The molecule has 0 aromatic carbocycles. The average Bonchev–Trinajstić information content (AvgIpc) is 3.46. The van der Waals surface area contributed by atoms with Crippen LogP contribution in [0.3, 0.4) is 0 Å². The number of carbonyl (C=O) groups is 3. The maximum atomic E-state index is 12.9. The third kappa shape index (κ3) is 66.7. The monoisotopic (exact) mass is 1130 g/mol. The molecule has 0 aliphatic carbocycles. The molecular weight excluding hydrogens is 985 g/mol. The van der Waals surface area contributed by atoms with Crippen LogP contribution in [0, 0.1) is 0 Å². The van der Waals surface area contributed by atoms with Gasteiger partial charge < -0.3 is 14.2 Å². The third-order valence-corrected chi connectivity index (χ3v) is 16.7. The zero-order valence-corrected chi connectivity index (χ0v) is 54.4. The Labute approximate surface area is 500 Å². The summed E-state index contributed by atoms with van der Waals surface area (Å²) in [6.07, 6.45) is 85.1. The van der Waals surface area contributed by atoms with Gasteiger partial charge in [0.05, 0.1) is 0 Å². The van der Waals surface area contributed by atoms with Gasteiger partial charge in [-0.15, -0.1) is 0 Å². The minimum absolute atomic E-state index is 0.0681. The lowest BCUT2D eigenvalue weighted by molar-refractivity contribution is -0.167. The smallest absolute Gasteiger partial charge is 0.306 e. The molecule has 0 radical (unpaired) electrons. The molecule has 6 heteroatoms. The molecule has 0 aliphatic heterocycles. The van der Waals surface area contributed by atoms with E-state index in [0.717, 1.165) is 64.2 Å². The molecule has 0 saturated carbocycles. The van der Waals surface area contributed by atoms with Crippen molar-refractivity contribution < 1.29 is 28.6 Å². The Morgan fingerprint density at radius 3 is 0.625 bits per heavy atom. The van der Waals surface area contributed by atoms with Crippen LogP contribution in [0.4, 0.5) is 0 Å². The fraction of sp³-hybridized carbons (Fsp3) is 0.905. The second-order valence-corrected chi connectivity index (χ2v) is 24.9. The largest absolute Gasteiger partial charge is 0.462 e. The first-order valence-corrected chi connectivity index (χ1v) is 36.3. The predicted octanol–water partition coefficient (Wildman–Crippen LogP) is 25.0. The summed E-state index contributed by atoms with van der Waals surface area (Å²) in [5.41, 5.74) is 0. The number of carbonyl (C=O) groups excluding carboxylic acids is 3. The first-order chi connectivity index (χ1) is 39.5. The minimum Gasteiger partial charge on any atom is -0.462 e. The van der Waals surface area contributed by atoms with Gasteiger partial charge in [0.15, 0.2) is 6.10 Å². The van der Waals surface area contributed by atoms with Crippen LogP contribution in [0.25, 0.3) is 0 Å². The number of hydrogen-bond acceptors (Lipinski definition) is 6. The van der Waals surface area contributed by atoms with Crippen LogP contribution >= 0.6 is 0 Å².